The van der Waals surface area contributed by atoms with Crippen LogP contribution in [-0.2, 0) is 6.42 Å². The van der Waals surface area contributed by atoms with E-state index in [0.717, 1.165) is 73.1 Å². The van der Waals surface area contributed by atoms with E-state index in [0.29, 0.717) is 12.3 Å². The fraction of sp³-hybridized carbons (Fsp3) is 0.423. The second-order valence-electron chi connectivity index (χ2n) is 9.14. The van der Waals surface area contributed by atoms with E-state index >= 15 is 0 Å². The number of nitrogens with zero attached hydrogens (tertiary/aromatic N) is 4. The van der Waals surface area contributed by atoms with Gasteiger partial charge in [-0.2, -0.15) is 5.10 Å². The molecule has 1 fully saturated rings. The molecular weight excluding hydrogens is 444 g/mol. The van der Waals surface area contributed by atoms with Crippen molar-refractivity contribution in [3.05, 3.63) is 59.5 Å². The van der Waals surface area contributed by atoms with Gasteiger partial charge in [0.1, 0.15) is 0 Å². The van der Waals surface area contributed by atoms with E-state index in [1.54, 1.807) is 17.5 Å². The molecule has 1 aliphatic heterocycles. The Morgan fingerprint density at radius 2 is 1.94 bits per heavy atom. The van der Waals surface area contributed by atoms with E-state index in [2.05, 4.69) is 67.4 Å². The fourth-order valence-electron chi connectivity index (χ4n) is 4.86. The Bertz CT molecular complexity index is 1210. The van der Waals surface area contributed by atoms with E-state index in [1.165, 1.54) is 10.9 Å². The van der Waals surface area contributed by atoms with Crippen molar-refractivity contribution < 1.29 is 4.79 Å². The molecule has 34 heavy (non-hydrogen) atoms. The summed E-state index contributed by atoms with van der Waals surface area (Å²) in [4.78, 5) is 26.6. The summed E-state index contributed by atoms with van der Waals surface area (Å²) >= 11 is 1.54. The van der Waals surface area contributed by atoms with Gasteiger partial charge in [-0.25, -0.2) is 4.98 Å². The molecule has 1 aromatic carbocycles. The van der Waals surface area contributed by atoms with Gasteiger partial charge in [0.2, 0.25) is 0 Å². The number of para-hydroxylation sites is 1. The number of piperazine rings is 1. The zero-order valence-electron chi connectivity index (χ0n) is 19.7. The number of Topliss-reactive ketones (excluding diaryl/α,β-unsaturated/α-hetero) is 1. The maximum atomic E-state index is 13.2. The molecule has 0 amide bonds. The first kappa shape index (κ1) is 22.7. The van der Waals surface area contributed by atoms with Gasteiger partial charge in [-0.05, 0) is 30.4 Å². The minimum absolute atomic E-state index is 0.224. The Kier molecular flexibility index (Phi) is 6.94. The molecule has 0 aliphatic carbocycles. The lowest BCUT2D eigenvalue weighted by molar-refractivity contribution is 0.0962. The van der Waals surface area contributed by atoms with Crippen molar-refractivity contribution in [3.63, 3.8) is 0 Å². The number of nitrogens with one attached hydrogen (secondary N) is 2. The molecule has 3 aromatic heterocycles. The van der Waals surface area contributed by atoms with Crippen molar-refractivity contribution >= 4 is 38.8 Å². The number of fused-ring (bicyclic) bond motifs is 1. The number of aromatic amines is 2. The quantitative estimate of drug-likeness (QED) is 0.304. The molecule has 0 bridgehead atoms. The lowest BCUT2D eigenvalue weighted by Gasteiger charge is -2.35. The van der Waals surface area contributed by atoms with E-state index in [9.17, 15) is 4.79 Å². The number of carbonyl (C=O) groups excluding carboxylic acids is 1. The standard InChI is InChI=1S/C26H32N6OS/c1-2-3-6-19(13-20-15-27-23-8-5-4-7-22(20)23)14-24(33)25-18-28-26(34-25)32-11-9-31(10-12-32)21-16-29-30-17-21/h4-5,7-8,15-19,27H,2-3,6,9-14H2,1H3,(H,29,30). The van der Waals surface area contributed by atoms with Crippen molar-refractivity contribution in [2.45, 2.75) is 39.0 Å². The average molecular weight is 477 g/mol. The average Bonchev–Trinajstić information content (AvgIpc) is 3.64. The lowest BCUT2D eigenvalue weighted by atomic mass is 9.89. The lowest BCUT2D eigenvalue weighted by Crippen LogP contribution is -2.46. The first-order chi connectivity index (χ1) is 16.7. The van der Waals surface area contributed by atoms with Crippen molar-refractivity contribution in [2.75, 3.05) is 36.0 Å². The molecule has 5 rings (SSSR count). The van der Waals surface area contributed by atoms with Crippen molar-refractivity contribution in [2.24, 2.45) is 5.92 Å². The Morgan fingerprint density at radius 1 is 1.12 bits per heavy atom. The normalized spacial score (nSPS) is 15.2. The fourth-order valence-corrected chi connectivity index (χ4v) is 5.77. The van der Waals surface area contributed by atoms with E-state index in [1.807, 2.05) is 12.4 Å². The van der Waals surface area contributed by atoms with Crippen LogP contribution in [0.4, 0.5) is 10.8 Å². The minimum atomic E-state index is 0.224. The summed E-state index contributed by atoms with van der Waals surface area (Å²) in [5.74, 6) is 0.567. The van der Waals surface area contributed by atoms with Crippen LogP contribution in [0.1, 0.15) is 47.8 Å². The molecule has 1 aliphatic rings. The van der Waals surface area contributed by atoms with Gasteiger partial charge in [0.25, 0.3) is 0 Å². The van der Waals surface area contributed by atoms with Crippen LogP contribution >= 0.6 is 11.3 Å². The van der Waals surface area contributed by atoms with Gasteiger partial charge in [-0.15, -0.1) is 0 Å². The Morgan fingerprint density at radius 3 is 2.74 bits per heavy atom. The monoisotopic (exact) mass is 476 g/mol. The summed E-state index contributed by atoms with van der Waals surface area (Å²) in [5.41, 5.74) is 3.60. The third-order valence-corrected chi connectivity index (χ3v) is 7.89. The molecule has 2 N–H and O–H groups in total. The number of hydrogen-bond donors (Lipinski definition) is 2. The molecule has 0 radical (unpaired) electrons. The zero-order chi connectivity index (χ0) is 23.3. The maximum Gasteiger partial charge on any atom is 0.186 e. The van der Waals surface area contributed by atoms with E-state index < -0.39 is 0 Å². The van der Waals surface area contributed by atoms with Gasteiger partial charge in [0, 0.05) is 55.9 Å². The molecule has 4 heterocycles. The summed E-state index contributed by atoms with van der Waals surface area (Å²) in [5, 5.41) is 9.15. The summed E-state index contributed by atoms with van der Waals surface area (Å²) in [6.45, 7) is 5.85. The second kappa shape index (κ2) is 10.4. The molecule has 8 heteroatoms. The summed E-state index contributed by atoms with van der Waals surface area (Å²) in [6, 6.07) is 8.42. The number of benzene rings is 1. The summed E-state index contributed by atoms with van der Waals surface area (Å²) < 4.78 is 0. The smallest absolute Gasteiger partial charge is 0.186 e. The molecule has 0 spiro atoms. The molecule has 0 saturated carbocycles. The van der Waals surface area contributed by atoms with Crippen molar-refractivity contribution in [1.29, 1.82) is 0 Å². The third-order valence-electron chi connectivity index (χ3n) is 6.79. The van der Waals surface area contributed by atoms with Gasteiger partial charge in [-0.1, -0.05) is 49.3 Å². The highest BCUT2D eigenvalue weighted by Crippen LogP contribution is 2.29. The van der Waals surface area contributed by atoms with Crippen LogP contribution in [-0.4, -0.2) is 52.1 Å². The number of ketones is 1. The SMILES string of the molecule is CCCCC(CC(=O)c1cnc(N2CCN(c3cn[nH]c3)CC2)s1)Cc1c[nH]c2ccccc12. The third kappa shape index (κ3) is 5.01. The number of hydrogen-bond acceptors (Lipinski definition) is 6. The molecule has 4 aromatic rings. The van der Waals surface area contributed by atoms with Gasteiger partial charge < -0.3 is 14.8 Å². The number of aromatic nitrogens is 4. The Labute approximate surface area is 204 Å². The highest BCUT2D eigenvalue weighted by atomic mass is 32.1. The number of rotatable bonds is 10. The Balaban J connectivity index is 1.22. The summed E-state index contributed by atoms with van der Waals surface area (Å²) in [6.07, 6.45) is 12.6. The largest absolute Gasteiger partial charge is 0.365 e. The molecule has 7 nitrogen and oxygen atoms in total. The van der Waals surface area contributed by atoms with Crippen molar-refractivity contribution in [1.82, 2.24) is 20.2 Å². The summed E-state index contributed by atoms with van der Waals surface area (Å²) in [7, 11) is 0. The highest BCUT2D eigenvalue weighted by Gasteiger charge is 2.23. The first-order valence-corrected chi connectivity index (χ1v) is 13.1. The van der Waals surface area contributed by atoms with Gasteiger partial charge in [-0.3, -0.25) is 9.89 Å². The maximum absolute atomic E-state index is 13.2. The van der Waals surface area contributed by atoms with E-state index in [4.69, 9.17) is 0 Å². The first-order valence-electron chi connectivity index (χ1n) is 12.2. The molecule has 178 valence electrons. The predicted molar refractivity (Wildman–Crippen MR) is 139 cm³/mol. The number of carbonyl (C=O) groups is 1. The van der Waals surface area contributed by atoms with Crippen LogP contribution < -0.4 is 9.80 Å². The van der Waals surface area contributed by atoms with Crippen LogP contribution in [0.3, 0.4) is 0 Å². The predicted octanol–water partition coefficient (Wildman–Crippen LogP) is 5.30. The molecule has 1 unspecified atom stereocenters. The van der Waals surface area contributed by atoms with E-state index in [-0.39, 0.29) is 5.78 Å². The molecule has 1 saturated heterocycles. The minimum Gasteiger partial charge on any atom is -0.365 e. The van der Waals surface area contributed by atoms with Gasteiger partial charge in [0.15, 0.2) is 10.9 Å². The molecule has 1 atom stereocenters. The van der Waals surface area contributed by atoms with Crippen LogP contribution in [0, 0.1) is 5.92 Å². The number of H-pyrrole nitrogens is 2. The van der Waals surface area contributed by atoms with Crippen LogP contribution in [0.5, 0.6) is 0 Å². The van der Waals surface area contributed by atoms with Crippen LogP contribution in [0.2, 0.25) is 0 Å². The number of thiazole rings is 1. The zero-order valence-corrected chi connectivity index (χ0v) is 20.5. The van der Waals surface area contributed by atoms with Crippen LogP contribution in [0.25, 0.3) is 10.9 Å². The van der Waals surface area contributed by atoms with Crippen LogP contribution in [0.15, 0.2) is 49.1 Å². The Hall–Kier alpha value is -3.13. The van der Waals surface area contributed by atoms with Crippen molar-refractivity contribution in [3.8, 4) is 0 Å². The van der Waals surface area contributed by atoms with Gasteiger partial charge in [0.05, 0.1) is 23.0 Å². The number of unbranched alkanes of at least 4 members (excludes halogenated alkanes) is 1. The molecular formula is C26H32N6OS. The van der Waals surface area contributed by atoms with Gasteiger partial charge >= 0.3 is 0 Å². The number of anilines is 2. The second-order valence-corrected chi connectivity index (χ2v) is 10.1. The highest BCUT2D eigenvalue weighted by molar-refractivity contribution is 7.17. The topological polar surface area (TPSA) is 80.9 Å².